The predicted molar refractivity (Wildman–Crippen MR) is 118 cm³/mol. The number of H-pyrrole nitrogens is 1. The van der Waals surface area contributed by atoms with Gasteiger partial charge in [0, 0.05) is 30.2 Å². The number of hydrogen-bond acceptors (Lipinski definition) is 3. The van der Waals surface area contributed by atoms with Gasteiger partial charge in [0.15, 0.2) is 5.96 Å². The van der Waals surface area contributed by atoms with Crippen molar-refractivity contribution in [2.24, 2.45) is 4.99 Å². The van der Waals surface area contributed by atoms with Crippen molar-refractivity contribution in [2.75, 3.05) is 20.1 Å². The van der Waals surface area contributed by atoms with E-state index in [0.717, 1.165) is 30.6 Å². The van der Waals surface area contributed by atoms with Crippen LogP contribution >= 0.6 is 0 Å². The van der Waals surface area contributed by atoms with Crippen molar-refractivity contribution in [2.45, 2.75) is 24.8 Å². The molecule has 0 aliphatic rings. The van der Waals surface area contributed by atoms with E-state index < -0.39 is 10.0 Å². The van der Waals surface area contributed by atoms with E-state index >= 15 is 0 Å². The maximum absolute atomic E-state index is 12.0. The normalized spacial score (nSPS) is 12.3. The van der Waals surface area contributed by atoms with Gasteiger partial charge in [0.1, 0.15) is 0 Å². The third-order valence-electron chi connectivity index (χ3n) is 4.60. The number of aliphatic imine (C=N–C) groups is 1. The van der Waals surface area contributed by atoms with Crippen LogP contribution in [0.15, 0.2) is 64.6 Å². The highest BCUT2D eigenvalue weighted by atomic mass is 32.2. The molecule has 0 spiro atoms. The number of aromatic nitrogens is 1. The zero-order valence-electron chi connectivity index (χ0n) is 16.7. The molecule has 154 valence electrons. The maximum Gasteiger partial charge on any atom is 0.240 e. The first kappa shape index (κ1) is 20.9. The molecule has 4 N–H and O–H groups in total. The molecule has 0 saturated heterocycles. The zero-order valence-corrected chi connectivity index (χ0v) is 17.5. The highest BCUT2D eigenvalue weighted by molar-refractivity contribution is 7.89. The minimum atomic E-state index is -3.46. The van der Waals surface area contributed by atoms with Gasteiger partial charge in [-0.3, -0.25) is 0 Å². The molecule has 0 unspecified atom stereocenters. The molecule has 0 saturated carbocycles. The molecule has 8 heteroatoms. The van der Waals surface area contributed by atoms with Crippen molar-refractivity contribution < 1.29 is 8.42 Å². The fourth-order valence-corrected chi connectivity index (χ4v) is 3.89. The molecule has 3 aromatic rings. The second-order valence-electron chi connectivity index (χ2n) is 6.59. The second-order valence-corrected chi connectivity index (χ2v) is 8.47. The van der Waals surface area contributed by atoms with E-state index in [1.807, 2.05) is 31.3 Å². The predicted octanol–water partition coefficient (Wildman–Crippen LogP) is 2.37. The number of para-hydroxylation sites is 1. The molecule has 1 heterocycles. The van der Waals surface area contributed by atoms with E-state index in [2.05, 4.69) is 37.5 Å². The van der Waals surface area contributed by atoms with Gasteiger partial charge in [-0.25, -0.2) is 18.1 Å². The van der Waals surface area contributed by atoms with E-state index in [9.17, 15) is 8.42 Å². The number of aromatic amines is 1. The first-order chi connectivity index (χ1) is 14.0. The lowest BCUT2D eigenvalue weighted by molar-refractivity contribution is 0.588. The van der Waals surface area contributed by atoms with E-state index in [4.69, 9.17) is 0 Å². The summed E-state index contributed by atoms with van der Waals surface area (Å²) in [4.78, 5) is 8.12. The molecule has 0 atom stereocenters. The number of sulfonamides is 1. The highest BCUT2D eigenvalue weighted by Gasteiger charge is 2.11. The summed E-state index contributed by atoms with van der Waals surface area (Å²) < 4.78 is 26.3. The topological polar surface area (TPSA) is 98.4 Å². The molecule has 0 radical (unpaired) electrons. The third kappa shape index (κ3) is 5.36. The fraction of sp³-hybridized carbons (Fsp3) is 0.286. The Hall–Kier alpha value is -2.84. The van der Waals surface area contributed by atoms with E-state index in [1.54, 1.807) is 18.2 Å². The lowest BCUT2D eigenvalue weighted by Gasteiger charge is -2.11. The Kier molecular flexibility index (Phi) is 6.90. The molecule has 0 amide bonds. The largest absolute Gasteiger partial charge is 0.361 e. The number of rotatable bonds is 8. The molecule has 2 aromatic carbocycles. The molecule has 0 bridgehead atoms. The van der Waals surface area contributed by atoms with Crippen LogP contribution in [0.4, 0.5) is 0 Å². The Labute approximate surface area is 171 Å². The summed E-state index contributed by atoms with van der Waals surface area (Å²) in [5.41, 5.74) is 3.23. The summed E-state index contributed by atoms with van der Waals surface area (Å²) in [6.07, 6.45) is 2.91. The average Bonchev–Trinajstić information content (AvgIpc) is 3.15. The van der Waals surface area contributed by atoms with E-state index in [0.29, 0.717) is 12.5 Å². The van der Waals surface area contributed by atoms with Crippen LogP contribution < -0.4 is 15.4 Å². The average molecular weight is 414 g/mol. The van der Waals surface area contributed by atoms with Crippen LogP contribution in [-0.4, -0.2) is 39.5 Å². The summed E-state index contributed by atoms with van der Waals surface area (Å²) in [6, 6.07) is 15.1. The van der Waals surface area contributed by atoms with Gasteiger partial charge in [-0.2, -0.15) is 0 Å². The van der Waals surface area contributed by atoms with Gasteiger partial charge in [-0.1, -0.05) is 30.3 Å². The van der Waals surface area contributed by atoms with Crippen molar-refractivity contribution in [3.8, 4) is 0 Å². The molecular weight excluding hydrogens is 386 g/mol. The van der Waals surface area contributed by atoms with Gasteiger partial charge in [0.2, 0.25) is 10.0 Å². The van der Waals surface area contributed by atoms with Crippen molar-refractivity contribution in [3.63, 3.8) is 0 Å². The molecule has 29 heavy (non-hydrogen) atoms. The highest BCUT2D eigenvalue weighted by Crippen LogP contribution is 2.17. The number of nitrogens with one attached hydrogen (secondary N) is 4. The van der Waals surface area contributed by atoms with Gasteiger partial charge < -0.3 is 15.6 Å². The Bertz CT molecular complexity index is 1090. The third-order valence-corrected chi connectivity index (χ3v) is 6.02. The van der Waals surface area contributed by atoms with Crippen LogP contribution in [0.5, 0.6) is 0 Å². The Balaban J connectivity index is 1.63. The summed E-state index contributed by atoms with van der Waals surface area (Å²) in [5, 5.41) is 7.81. The van der Waals surface area contributed by atoms with E-state index in [-0.39, 0.29) is 4.90 Å². The Morgan fingerprint density at radius 1 is 1.10 bits per heavy atom. The lowest BCUT2D eigenvalue weighted by Crippen LogP contribution is -2.38. The number of fused-ring (bicyclic) bond motifs is 1. The molecule has 0 aliphatic carbocycles. The smallest absolute Gasteiger partial charge is 0.240 e. The summed E-state index contributed by atoms with van der Waals surface area (Å²) in [5.74, 6) is 0.703. The van der Waals surface area contributed by atoms with Crippen molar-refractivity contribution in [3.05, 3.63) is 65.9 Å². The van der Waals surface area contributed by atoms with Crippen molar-refractivity contribution in [1.29, 1.82) is 0 Å². The second kappa shape index (κ2) is 9.58. The van der Waals surface area contributed by atoms with Gasteiger partial charge >= 0.3 is 0 Å². The van der Waals surface area contributed by atoms with Crippen LogP contribution in [0.25, 0.3) is 10.9 Å². The number of nitrogens with zero attached hydrogens (tertiary/aromatic N) is 1. The first-order valence-corrected chi connectivity index (χ1v) is 11.1. The van der Waals surface area contributed by atoms with Crippen LogP contribution in [0.2, 0.25) is 0 Å². The Morgan fingerprint density at radius 3 is 2.72 bits per heavy atom. The standard InChI is InChI=1S/C21H27N5O2S/c1-3-23-21(24-12-11-17-15-25-20-10-5-4-9-19(17)20)26-14-16-7-6-8-18(13-16)29(27,28)22-2/h4-10,13,15,22,25H,3,11-12,14H2,1-2H3,(H2,23,24,26). The van der Waals surface area contributed by atoms with E-state index in [1.165, 1.54) is 18.0 Å². The maximum atomic E-state index is 12.0. The molecule has 7 nitrogen and oxygen atoms in total. The zero-order chi connectivity index (χ0) is 20.7. The van der Waals surface area contributed by atoms with Crippen LogP contribution in [0.3, 0.4) is 0 Å². The number of benzene rings is 2. The number of hydrogen-bond donors (Lipinski definition) is 4. The van der Waals surface area contributed by atoms with Crippen LogP contribution in [-0.2, 0) is 23.0 Å². The van der Waals surface area contributed by atoms with Crippen LogP contribution in [0, 0.1) is 0 Å². The van der Waals surface area contributed by atoms with Crippen molar-refractivity contribution in [1.82, 2.24) is 20.3 Å². The monoisotopic (exact) mass is 413 g/mol. The summed E-state index contributed by atoms with van der Waals surface area (Å²) >= 11 is 0. The Morgan fingerprint density at radius 2 is 1.93 bits per heavy atom. The summed E-state index contributed by atoms with van der Waals surface area (Å²) in [6.45, 7) is 3.88. The number of guanidine groups is 1. The van der Waals surface area contributed by atoms with Gasteiger partial charge in [0.05, 0.1) is 11.4 Å². The SMILES string of the molecule is CCNC(=NCc1cccc(S(=O)(=O)NC)c1)NCCc1c[nH]c2ccccc12. The quantitative estimate of drug-likeness (QED) is 0.337. The van der Waals surface area contributed by atoms with Gasteiger partial charge in [0.25, 0.3) is 0 Å². The van der Waals surface area contributed by atoms with Crippen LogP contribution in [0.1, 0.15) is 18.1 Å². The summed E-state index contributed by atoms with van der Waals surface area (Å²) in [7, 11) is -2.06. The first-order valence-electron chi connectivity index (χ1n) is 9.63. The fourth-order valence-electron chi connectivity index (χ4n) is 3.09. The minimum absolute atomic E-state index is 0.241. The molecule has 3 rings (SSSR count). The molecule has 1 aromatic heterocycles. The van der Waals surface area contributed by atoms with Crippen molar-refractivity contribution >= 4 is 26.9 Å². The minimum Gasteiger partial charge on any atom is -0.361 e. The van der Waals surface area contributed by atoms with Gasteiger partial charge in [-0.05, 0) is 49.7 Å². The van der Waals surface area contributed by atoms with Gasteiger partial charge in [-0.15, -0.1) is 0 Å². The lowest BCUT2D eigenvalue weighted by atomic mass is 10.1. The molecule has 0 fully saturated rings. The molecule has 0 aliphatic heterocycles. The molecular formula is C21H27N5O2S.